The number of pyridine rings is 2. The SMILES string of the molecule is COc1ccnc(N(Cc2ccnc3c(F)c(F)ccc23)c2cccc(Cl)c2)c1. The van der Waals surface area contributed by atoms with Gasteiger partial charge in [0, 0.05) is 34.6 Å². The molecule has 0 fully saturated rings. The number of aromatic nitrogens is 2. The van der Waals surface area contributed by atoms with E-state index in [1.165, 1.54) is 12.3 Å². The minimum absolute atomic E-state index is 0.00727. The molecule has 146 valence electrons. The van der Waals surface area contributed by atoms with Crippen molar-refractivity contribution in [3.8, 4) is 5.75 Å². The second kappa shape index (κ2) is 8.01. The third-order valence-electron chi connectivity index (χ3n) is 4.57. The van der Waals surface area contributed by atoms with Crippen LogP contribution in [0.4, 0.5) is 20.3 Å². The Labute approximate surface area is 171 Å². The number of rotatable bonds is 5. The van der Waals surface area contributed by atoms with Crippen LogP contribution in [0.5, 0.6) is 5.75 Å². The van der Waals surface area contributed by atoms with Gasteiger partial charge in [0.2, 0.25) is 0 Å². The molecule has 29 heavy (non-hydrogen) atoms. The smallest absolute Gasteiger partial charge is 0.184 e. The molecule has 0 amide bonds. The second-order valence-electron chi connectivity index (χ2n) is 6.35. The van der Waals surface area contributed by atoms with E-state index in [0.717, 1.165) is 17.3 Å². The summed E-state index contributed by atoms with van der Waals surface area (Å²) >= 11 is 6.20. The quantitative estimate of drug-likeness (QED) is 0.409. The molecule has 0 N–H and O–H groups in total. The Morgan fingerprint density at radius 1 is 1.00 bits per heavy atom. The van der Waals surface area contributed by atoms with Crippen molar-refractivity contribution in [2.75, 3.05) is 12.0 Å². The minimum Gasteiger partial charge on any atom is -0.497 e. The van der Waals surface area contributed by atoms with Crippen molar-refractivity contribution in [3.63, 3.8) is 0 Å². The molecule has 0 saturated carbocycles. The summed E-state index contributed by atoms with van der Waals surface area (Å²) in [6.45, 7) is 0.338. The highest BCUT2D eigenvalue weighted by atomic mass is 35.5. The number of methoxy groups -OCH3 is 1. The van der Waals surface area contributed by atoms with Gasteiger partial charge in [0.15, 0.2) is 11.6 Å². The van der Waals surface area contributed by atoms with Gasteiger partial charge >= 0.3 is 0 Å². The van der Waals surface area contributed by atoms with E-state index in [1.807, 2.05) is 23.1 Å². The van der Waals surface area contributed by atoms with Gasteiger partial charge < -0.3 is 9.64 Å². The van der Waals surface area contributed by atoms with Gasteiger partial charge in [-0.2, -0.15) is 0 Å². The van der Waals surface area contributed by atoms with Crippen LogP contribution in [-0.4, -0.2) is 17.1 Å². The molecular weight excluding hydrogens is 396 g/mol. The molecule has 0 spiro atoms. The summed E-state index contributed by atoms with van der Waals surface area (Å²) < 4.78 is 33.2. The summed E-state index contributed by atoms with van der Waals surface area (Å²) in [4.78, 5) is 10.4. The lowest BCUT2D eigenvalue weighted by molar-refractivity contribution is 0.414. The number of ether oxygens (including phenoxy) is 1. The van der Waals surface area contributed by atoms with Gasteiger partial charge in [0.1, 0.15) is 17.1 Å². The molecule has 0 aliphatic rings. The molecule has 0 aliphatic heterocycles. The average Bonchev–Trinajstić information content (AvgIpc) is 2.74. The molecule has 0 unspecified atom stereocenters. The van der Waals surface area contributed by atoms with Gasteiger partial charge in [0.25, 0.3) is 0 Å². The highest BCUT2D eigenvalue weighted by Crippen LogP contribution is 2.32. The van der Waals surface area contributed by atoms with Crippen molar-refractivity contribution < 1.29 is 13.5 Å². The Morgan fingerprint density at radius 2 is 1.83 bits per heavy atom. The van der Waals surface area contributed by atoms with E-state index in [9.17, 15) is 8.78 Å². The molecule has 0 aliphatic carbocycles. The van der Waals surface area contributed by atoms with Crippen molar-refractivity contribution in [3.05, 3.63) is 89.2 Å². The Bertz CT molecular complexity index is 1190. The van der Waals surface area contributed by atoms with Crippen LogP contribution >= 0.6 is 11.6 Å². The first-order chi connectivity index (χ1) is 14.1. The van der Waals surface area contributed by atoms with Crippen molar-refractivity contribution in [2.45, 2.75) is 6.54 Å². The van der Waals surface area contributed by atoms with Crippen LogP contribution in [0, 0.1) is 11.6 Å². The van der Waals surface area contributed by atoms with Crippen LogP contribution in [-0.2, 0) is 6.54 Å². The highest BCUT2D eigenvalue weighted by Gasteiger charge is 2.17. The van der Waals surface area contributed by atoms with Gasteiger partial charge in [-0.15, -0.1) is 0 Å². The maximum Gasteiger partial charge on any atom is 0.184 e. The van der Waals surface area contributed by atoms with Gasteiger partial charge in [0.05, 0.1) is 13.7 Å². The lowest BCUT2D eigenvalue weighted by Gasteiger charge is -2.25. The fourth-order valence-corrected chi connectivity index (χ4v) is 3.33. The zero-order chi connectivity index (χ0) is 20.4. The topological polar surface area (TPSA) is 38.2 Å². The number of fused-ring (bicyclic) bond motifs is 1. The zero-order valence-corrected chi connectivity index (χ0v) is 16.2. The van der Waals surface area contributed by atoms with Crippen LogP contribution < -0.4 is 9.64 Å². The van der Waals surface area contributed by atoms with E-state index in [4.69, 9.17) is 16.3 Å². The Balaban J connectivity index is 1.84. The highest BCUT2D eigenvalue weighted by molar-refractivity contribution is 6.30. The van der Waals surface area contributed by atoms with Gasteiger partial charge in [-0.1, -0.05) is 17.7 Å². The van der Waals surface area contributed by atoms with Crippen LogP contribution in [0.1, 0.15) is 5.56 Å². The van der Waals surface area contributed by atoms with Gasteiger partial charge in [-0.25, -0.2) is 13.8 Å². The normalized spacial score (nSPS) is 10.9. The maximum absolute atomic E-state index is 14.2. The molecule has 4 aromatic rings. The molecular formula is C22H16ClF2N3O. The molecule has 2 aromatic carbocycles. The summed E-state index contributed by atoms with van der Waals surface area (Å²) in [7, 11) is 1.58. The van der Waals surface area contributed by atoms with Crippen molar-refractivity contribution in [2.24, 2.45) is 0 Å². The van der Waals surface area contributed by atoms with Crippen LogP contribution in [0.2, 0.25) is 5.02 Å². The van der Waals surface area contributed by atoms with Gasteiger partial charge in [-0.3, -0.25) is 4.98 Å². The van der Waals surface area contributed by atoms with Crippen LogP contribution in [0.25, 0.3) is 10.9 Å². The van der Waals surface area contributed by atoms with Crippen LogP contribution in [0.3, 0.4) is 0 Å². The number of anilines is 2. The van der Waals surface area contributed by atoms with E-state index in [0.29, 0.717) is 28.5 Å². The molecule has 4 nitrogen and oxygen atoms in total. The Hall–Kier alpha value is -3.25. The number of hydrogen-bond acceptors (Lipinski definition) is 4. The molecule has 4 rings (SSSR count). The Kier molecular flexibility index (Phi) is 5.27. The number of halogens is 3. The molecule has 0 radical (unpaired) electrons. The largest absolute Gasteiger partial charge is 0.497 e. The summed E-state index contributed by atoms with van der Waals surface area (Å²) in [5.41, 5.74) is 1.55. The average molecular weight is 412 g/mol. The predicted octanol–water partition coefficient (Wildman–Crippen LogP) is 5.91. The molecule has 0 atom stereocenters. The molecule has 7 heteroatoms. The molecule has 2 aromatic heterocycles. The number of nitrogens with zero attached hydrogens (tertiary/aromatic N) is 3. The lowest BCUT2D eigenvalue weighted by Crippen LogP contribution is -2.18. The van der Waals surface area contributed by atoms with Crippen molar-refractivity contribution >= 4 is 34.0 Å². The van der Waals surface area contributed by atoms with E-state index in [2.05, 4.69) is 9.97 Å². The first-order valence-electron chi connectivity index (χ1n) is 8.81. The fourth-order valence-electron chi connectivity index (χ4n) is 3.15. The van der Waals surface area contributed by atoms with E-state index >= 15 is 0 Å². The predicted molar refractivity (Wildman–Crippen MR) is 110 cm³/mol. The molecule has 0 saturated heterocycles. The van der Waals surface area contributed by atoms with Crippen molar-refractivity contribution in [1.82, 2.24) is 9.97 Å². The van der Waals surface area contributed by atoms with E-state index in [-0.39, 0.29) is 5.52 Å². The number of benzene rings is 2. The maximum atomic E-state index is 14.2. The fraction of sp³-hybridized carbons (Fsp3) is 0.0909. The monoisotopic (exact) mass is 411 g/mol. The Morgan fingerprint density at radius 3 is 2.62 bits per heavy atom. The molecule has 0 bridgehead atoms. The summed E-state index contributed by atoms with van der Waals surface area (Å²) in [5, 5.41) is 1.10. The zero-order valence-electron chi connectivity index (χ0n) is 15.4. The summed E-state index contributed by atoms with van der Waals surface area (Å²) in [5.74, 6) is -0.615. The number of hydrogen-bond donors (Lipinski definition) is 0. The molecule has 2 heterocycles. The lowest BCUT2D eigenvalue weighted by atomic mass is 10.1. The second-order valence-corrected chi connectivity index (χ2v) is 6.78. The third-order valence-corrected chi connectivity index (χ3v) is 4.81. The van der Waals surface area contributed by atoms with Gasteiger partial charge in [-0.05, 0) is 48.0 Å². The standard InChI is InChI=1S/C22H16ClF2N3O/c1-29-17-8-10-26-20(12-17)28(16-4-2-3-15(23)11-16)13-14-7-9-27-22-18(14)5-6-19(24)21(22)25/h2-12H,13H2,1H3. The third kappa shape index (κ3) is 3.84. The minimum atomic E-state index is -0.960. The van der Waals surface area contributed by atoms with E-state index in [1.54, 1.807) is 37.6 Å². The summed E-state index contributed by atoms with van der Waals surface area (Å²) in [6.07, 6.45) is 3.11. The first-order valence-corrected chi connectivity index (χ1v) is 9.19. The first kappa shape index (κ1) is 19.1. The summed E-state index contributed by atoms with van der Waals surface area (Å²) in [6, 6.07) is 15.3. The van der Waals surface area contributed by atoms with E-state index < -0.39 is 11.6 Å². The van der Waals surface area contributed by atoms with Crippen LogP contribution in [0.15, 0.2) is 67.0 Å². The van der Waals surface area contributed by atoms with Crippen molar-refractivity contribution in [1.29, 1.82) is 0 Å².